The summed E-state index contributed by atoms with van der Waals surface area (Å²) in [5.41, 5.74) is 5.09. The minimum absolute atomic E-state index is 0.0799. The molecular weight excluding hydrogens is 230 g/mol. The van der Waals surface area contributed by atoms with Crippen molar-refractivity contribution in [3.8, 4) is 0 Å². The molecule has 6 nitrogen and oxygen atoms in total. The van der Waals surface area contributed by atoms with Crippen LogP contribution in [0.25, 0.3) is 0 Å². The Morgan fingerprint density at radius 3 is 2.69 bits per heavy atom. The zero-order chi connectivity index (χ0) is 12.3. The summed E-state index contributed by atoms with van der Waals surface area (Å²) in [5.74, 6) is -1.13. The molecule has 16 heavy (non-hydrogen) atoms. The van der Waals surface area contributed by atoms with Gasteiger partial charge in [0.25, 0.3) is 5.91 Å². The summed E-state index contributed by atoms with van der Waals surface area (Å²) in [6.45, 7) is 0. The highest BCUT2D eigenvalue weighted by molar-refractivity contribution is 7.90. The van der Waals surface area contributed by atoms with Gasteiger partial charge in [0.2, 0.25) is 0 Å². The lowest BCUT2D eigenvalue weighted by Gasteiger charge is -2.03. The molecule has 1 amide bonds. The van der Waals surface area contributed by atoms with Crippen molar-refractivity contribution in [2.45, 2.75) is 4.90 Å². The lowest BCUT2D eigenvalue weighted by Crippen LogP contribution is -2.35. The van der Waals surface area contributed by atoms with Crippen molar-refractivity contribution in [2.24, 2.45) is 5.73 Å². The van der Waals surface area contributed by atoms with Crippen molar-refractivity contribution in [2.75, 3.05) is 6.26 Å². The van der Waals surface area contributed by atoms with E-state index in [1.54, 1.807) is 0 Å². The topological polar surface area (TPSA) is 113 Å². The van der Waals surface area contributed by atoms with Gasteiger partial charge in [0.15, 0.2) is 15.8 Å². The van der Waals surface area contributed by atoms with Crippen molar-refractivity contribution in [3.63, 3.8) is 0 Å². The summed E-state index contributed by atoms with van der Waals surface area (Å²) in [6, 6.07) is 6.38. The number of sulfone groups is 1. The lowest BCUT2D eigenvalue weighted by molar-refractivity contribution is 0.0976. The molecule has 7 heteroatoms. The molecule has 1 radical (unpaired) electrons. The first-order valence-electron chi connectivity index (χ1n) is 4.18. The summed E-state index contributed by atoms with van der Waals surface area (Å²) < 4.78 is 22.4. The van der Waals surface area contributed by atoms with Crippen LogP contribution in [0.3, 0.4) is 0 Å². The smallest absolute Gasteiger partial charge is 0.257 e. The third-order valence-electron chi connectivity index (χ3n) is 1.68. The van der Waals surface area contributed by atoms with Crippen LogP contribution in [0, 0.1) is 11.5 Å². The van der Waals surface area contributed by atoms with Gasteiger partial charge in [-0.05, 0) is 12.1 Å². The monoisotopic (exact) mass is 240 g/mol. The van der Waals surface area contributed by atoms with Gasteiger partial charge in [-0.3, -0.25) is 15.5 Å². The fraction of sp³-hybridized carbons (Fsp3) is 0.111. The molecule has 4 N–H and O–H groups in total. The quantitative estimate of drug-likeness (QED) is 0.478. The van der Waals surface area contributed by atoms with Crippen molar-refractivity contribution in [1.82, 2.24) is 5.32 Å². The number of hydrogen-bond donors (Lipinski definition) is 3. The van der Waals surface area contributed by atoms with E-state index in [0.717, 1.165) is 6.26 Å². The second-order valence-electron chi connectivity index (χ2n) is 3.08. The number of guanidine groups is 1. The van der Waals surface area contributed by atoms with E-state index < -0.39 is 21.7 Å². The van der Waals surface area contributed by atoms with Gasteiger partial charge < -0.3 is 5.73 Å². The highest BCUT2D eigenvalue weighted by Crippen LogP contribution is 2.10. The zero-order valence-corrected chi connectivity index (χ0v) is 9.26. The summed E-state index contributed by atoms with van der Waals surface area (Å²) in [4.78, 5) is 11.3. The Balaban J connectivity index is 3.09. The van der Waals surface area contributed by atoms with Crippen molar-refractivity contribution in [3.05, 3.63) is 29.8 Å². The van der Waals surface area contributed by atoms with E-state index in [2.05, 4.69) is 11.4 Å². The minimum atomic E-state index is -3.41. The number of benzene rings is 1. The summed E-state index contributed by atoms with van der Waals surface area (Å²) in [7, 11) is -3.41. The number of amides is 1. The van der Waals surface area contributed by atoms with E-state index in [1.807, 2.05) is 0 Å². The van der Waals surface area contributed by atoms with Crippen LogP contribution in [0.4, 0.5) is 0 Å². The van der Waals surface area contributed by atoms with E-state index in [0.29, 0.717) is 0 Å². The van der Waals surface area contributed by atoms with Crippen molar-refractivity contribution in [1.29, 1.82) is 5.41 Å². The molecule has 0 saturated heterocycles. The molecule has 1 rings (SSSR count). The number of hydrogen-bond acceptors (Lipinski definition) is 4. The normalized spacial score (nSPS) is 10.8. The van der Waals surface area contributed by atoms with Gasteiger partial charge in [-0.25, -0.2) is 8.42 Å². The molecule has 0 aromatic heterocycles. The molecule has 1 aromatic rings. The average molecular weight is 240 g/mol. The Hall–Kier alpha value is -1.89. The second-order valence-corrected chi connectivity index (χ2v) is 5.07. The molecular formula is C9H10N3O3S. The van der Waals surface area contributed by atoms with Gasteiger partial charge in [-0.1, -0.05) is 6.07 Å². The predicted octanol–water partition coefficient (Wildman–Crippen LogP) is -0.486. The summed E-state index contributed by atoms with van der Waals surface area (Å²) in [5, 5.41) is 8.92. The Morgan fingerprint density at radius 2 is 2.19 bits per heavy atom. The molecule has 0 aliphatic rings. The number of carbonyl (C=O) groups excluding carboxylic acids is 1. The molecule has 0 spiro atoms. The van der Waals surface area contributed by atoms with Crippen molar-refractivity contribution >= 4 is 21.7 Å². The number of nitrogens with one attached hydrogen (secondary N) is 2. The van der Waals surface area contributed by atoms with Crippen molar-refractivity contribution < 1.29 is 13.2 Å². The van der Waals surface area contributed by atoms with Crippen LogP contribution >= 0.6 is 0 Å². The molecule has 0 unspecified atom stereocenters. The van der Waals surface area contributed by atoms with Gasteiger partial charge in [0.1, 0.15) is 0 Å². The van der Waals surface area contributed by atoms with Gasteiger partial charge in [-0.2, -0.15) is 0 Å². The molecule has 0 aliphatic carbocycles. The van der Waals surface area contributed by atoms with Crippen LogP contribution < -0.4 is 11.1 Å². The molecule has 85 valence electrons. The Kier molecular flexibility index (Phi) is 3.28. The number of carbonyl (C=O) groups is 1. The first kappa shape index (κ1) is 12.2. The SMILES string of the molecule is CS(=O)(=O)c1[c]ccc(C(=O)NC(=N)N)c1. The summed E-state index contributed by atoms with van der Waals surface area (Å²) >= 11 is 0. The van der Waals surface area contributed by atoms with E-state index in [-0.39, 0.29) is 10.5 Å². The number of rotatable bonds is 2. The van der Waals surface area contributed by atoms with E-state index in [9.17, 15) is 13.2 Å². The van der Waals surface area contributed by atoms with E-state index in [1.165, 1.54) is 18.2 Å². The maximum atomic E-state index is 11.4. The van der Waals surface area contributed by atoms with E-state index >= 15 is 0 Å². The Labute approximate surface area is 92.9 Å². The molecule has 0 saturated carbocycles. The average Bonchev–Trinajstić information content (AvgIpc) is 2.15. The number of nitrogens with two attached hydrogens (primary N) is 1. The highest BCUT2D eigenvalue weighted by Gasteiger charge is 2.11. The lowest BCUT2D eigenvalue weighted by atomic mass is 10.2. The molecule has 0 atom stereocenters. The molecule has 0 aliphatic heterocycles. The first-order valence-corrected chi connectivity index (χ1v) is 6.07. The first-order chi connectivity index (χ1) is 7.30. The molecule has 0 bridgehead atoms. The highest BCUT2D eigenvalue weighted by atomic mass is 32.2. The van der Waals surface area contributed by atoms with Crippen LogP contribution in [-0.4, -0.2) is 26.5 Å². The standard InChI is InChI=1S/C9H10N3O3S/c1-16(14,15)7-4-2-3-6(5-7)8(13)12-9(10)11/h2-3,5H,1H3,(H4,10,11,12,13). The van der Waals surface area contributed by atoms with Gasteiger partial charge in [0.05, 0.1) is 4.90 Å². The Morgan fingerprint density at radius 1 is 1.56 bits per heavy atom. The molecule has 1 aromatic carbocycles. The van der Waals surface area contributed by atoms with Crippen LogP contribution in [-0.2, 0) is 9.84 Å². The predicted molar refractivity (Wildman–Crippen MR) is 57.8 cm³/mol. The third-order valence-corrected chi connectivity index (χ3v) is 2.72. The van der Waals surface area contributed by atoms with Gasteiger partial charge in [0, 0.05) is 17.9 Å². The van der Waals surface area contributed by atoms with Crippen LogP contribution in [0.15, 0.2) is 23.1 Å². The maximum absolute atomic E-state index is 11.4. The molecule has 0 fully saturated rings. The summed E-state index contributed by atoms with van der Waals surface area (Å²) in [6.07, 6.45) is 1.02. The molecule has 0 heterocycles. The van der Waals surface area contributed by atoms with Crippen LogP contribution in [0.2, 0.25) is 0 Å². The fourth-order valence-corrected chi connectivity index (χ4v) is 1.62. The zero-order valence-electron chi connectivity index (χ0n) is 8.44. The minimum Gasteiger partial charge on any atom is -0.370 e. The third kappa shape index (κ3) is 3.06. The maximum Gasteiger partial charge on any atom is 0.257 e. The van der Waals surface area contributed by atoms with Gasteiger partial charge in [-0.15, -0.1) is 0 Å². The Bertz CT molecular complexity index is 537. The van der Waals surface area contributed by atoms with Crippen LogP contribution in [0.1, 0.15) is 10.4 Å². The second kappa shape index (κ2) is 4.31. The fourth-order valence-electron chi connectivity index (χ4n) is 0.994. The van der Waals surface area contributed by atoms with Crippen LogP contribution in [0.5, 0.6) is 0 Å². The van der Waals surface area contributed by atoms with E-state index in [4.69, 9.17) is 11.1 Å². The van der Waals surface area contributed by atoms with Gasteiger partial charge >= 0.3 is 0 Å². The largest absolute Gasteiger partial charge is 0.370 e.